The number of hydrogen-bond donors (Lipinski definition) is 3. The number of primary amides is 1. The van der Waals surface area contributed by atoms with Crippen LogP contribution in [0.25, 0.3) is 0 Å². The second kappa shape index (κ2) is 11.8. The van der Waals surface area contributed by atoms with Crippen LogP contribution in [0.3, 0.4) is 0 Å². The molecule has 0 spiro atoms. The number of hydrogen-bond acceptors (Lipinski definition) is 5. The molecule has 0 radical (unpaired) electrons. The Morgan fingerprint density at radius 2 is 1.62 bits per heavy atom. The molecule has 4 N–H and O–H groups in total. The minimum Gasteiger partial charge on any atom is -0.379 e. The molecule has 0 heterocycles. The van der Waals surface area contributed by atoms with Gasteiger partial charge in [-0.3, -0.25) is 9.59 Å². The second-order valence-electron chi connectivity index (χ2n) is 5.99. The van der Waals surface area contributed by atoms with Crippen LogP contribution in [0.1, 0.15) is 39.0 Å². The summed E-state index contributed by atoms with van der Waals surface area (Å²) in [6, 6.07) is -0.398. The van der Waals surface area contributed by atoms with Crippen LogP contribution < -0.4 is 16.4 Å². The highest BCUT2D eigenvalue weighted by molar-refractivity contribution is 5.78. The molecule has 8 nitrogen and oxygen atoms in total. The number of nitrogens with one attached hydrogen (secondary N) is 2. The first-order chi connectivity index (χ1) is 11.5. The molecule has 0 atom stereocenters. The molecule has 0 unspecified atom stereocenters. The fourth-order valence-corrected chi connectivity index (χ4v) is 2.68. The highest BCUT2D eigenvalue weighted by Crippen LogP contribution is 2.24. The van der Waals surface area contributed by atoms with Crippen LogP contribution in [0.2, 0.25) is 0 Å². The third-order valence-electron chi connectivity index (χ3n) is 4.06. The van der Waals surface area contributed by atoms with Gasteiger partial charge in [0.05, 0.1) is 26.4 Å². The SMILES string of the molecule is CC(=O)C1CCC(NC(=O)CCOCCOCCNC(N)=O)CC1. The summed E-state index contributed by atoms with van der Waals surface area (Å²) in [5, 5.41) is 5.41. The number of amides is 3. The lowest BCUT2D eigenvalue weighted by molar-refractivity contribution is -0.123. The van der Waals surface area contributed by atoms with Gasteiger partial charge in [0.25, 0.3) is 0 Å². The van der Waals surface area contributed by atoms with Gasteiger partial charge < -0.3 is 25.8 Å². The van der Waals surface area contributed by atoms with Gasteiger partial charge in [0, 0.05) is 24.9 Å². The van der Waals surface area contributed by atoms with Crippen LogP contribution >= 0.6 is 0 Å². The smallest absolute Gasteiger partial charge is 0.312 e. The third-order valence-corrected chi connectivity index (χ3v) is 4.06. The molecule has 8 heteroatoms. The van der Waals surface area contributed by atoms with E-state index in [1.165, 1.54) is 0 Å². The Morgan fingerprint density at radius 1 is 1.00 bits per heavy atom. The molecule has 1 aliphatic carbocycles. The maximum absolute atomic E-state index is 11.8. The number of carbonyl (C=O) groups excluding carboxylic acids is 3. The number of urea groups is 1. The minimum atomic E-state index is -0.573. The molecule has 0 saturated heterocycles. The van der Waals surface area contributed by atoms with Crippen molar-refractivity contribution in [3.05, 3.63) is 0 Å². The molecule has 138 valence electrons. The van der Waals surface area contributed by atoms with Gasteiger partial charge in [0.15, 0.2) is 0 Å². The van der Waals surface area contributed by atoms with E-state index in [-0.39, 0.29) is 23.7 Å². The zero-order chi connectivity index (χ0) is 17.8. The molecule has 0 aromatic carbocycles. The van der Waals surface area contributed by atoms with E-state index in [2.05, 4.69) is 10.6 Å². The van der Waals surface area contributed by atoms with Crippen molar-refractivity contribution in [1.29, 1.82) is 0 Å². The largest absolute Gasteiger partial charge is 0.379 e. The Labute approximate surface area is 142 Å². The monoisotopic (exact) mass is 343 g/mol. The molecule has 0 aromatic heterocycles. The van der Waals surface area contributed by atoms with E-state index in [1.807, 2.05) is 0 Å². The fraction of sp³-hybridized carbons (Fsp3) is 0.812. The number of rotatable bonds is 11. The van der Waals surface area contributed by atoms with Crippen molar-refractivity contribution in [1.82, 2.24) is 10.6 Å². The van der Waals surface area contributed by atoms with Gasteiger partial charge in [-0.25, -0.2) is 4.79 Å². The number of ketones is 1. The molecule has 0 aromatic rings. The molecule has 0 aliphatic heterocycles. The number of carbonyl (C=O) groups is 3. The minimum absolute atomic E-state index is 0.0205. The summed E-state index contributed by atoms with van der Waals surface area (Å²) in [4.78, 5) is 33.5. The molecule has 1 saturated carbocycles. The number of ether oxygens (including phenoxy) is 2. The van der Waals surface area contributed by atoms with Crippen molar-refractivity contribution in [3.63, 3.8) is 0 Å². The average molecular weight is 343 g/mol. The molecule has 3 amide bonds. The quantitative estimate of drug-likeness (QED) is 0.467. The normalized spacial score (nSPS) is 20.4. The Bertz CT molecular complexity index is 409. The van der Waals surface area contributed by atoms with Gasteiger partial charge in [0.1, 0.15) is 5.78 Å². The van der Waals surface area contributed by atoms with Gasteiger partial charge >= 0.3 is 6.03 Å². The van der Waals surface area contributed by atoms with Crippen molar-refractivity contribution >= 4 is 17.7 Å². The topological polar surface area (TPSA) is 120 Å². The lowest BCUT2D eigenvalue weighted by Gasteiger charge is -2.27. The Hall–Kier alpha value is -1.67. The lowest BCUT2D eigenvalue weighted by atomic mass is 9.84. The molecule has 1 rings (SSSR count). The van der Waals surface area contributed by atoms with Gasteiger partial charge in [-0.2, -0.15) is 0 Å². The van der Waals surface area contributed by atoms with E-state index < -0.39 is 6.03 Å². The maximum Gasteiger partial charge on any atom is 0.312 e. The Balaban J connectivity index is 1.93. The summed E-state index contributed by atoms with van der Waals surface area (Å²) >= 11 is 0. The van der Waals surface area contributed by atoms with Crippen LogP contribution in [0.5, 0.6) is 0 Å². The van der Waals surface area contributed by atoms with E-state index in [0.717, 1.165) is 25.7 Å². The fourth-order valence-electron chi connectivity index (χ4n) is 2.68. The zero-order valence-electron chi connectivity index (χ0n) is 14.3. The Morgan fingerprint density at radius 3 is 2.21 bits per heavy atom. The summed E-state index contributed by atoms with van der Waals surface area (Å²) in [5.74, 6) is 0.397. The molecular weight excluding hydrogens is 314 g/mol. The van der Waals surface area contributed by atoms with Crippen LogP contribution in [0.4, 0.5) is 4.79 Å². The summed E-state index contributed by atoms with van der Waals surface area (Å²) in [5.41, 5.74) is 4.91. The van der Waals surface area contributed by atoms with Gasteiger partial charge in [0.2, 0.25) is 5.91 Å². The predicted molar refractivity (Wildman–Crippen MR) is 88.4 cm³/mol. The van der Waals surface area contributed by atoms with Gasteiger partial charge in [-0.1, -0.05) is 0 Å². The van der Waals surface area contributed by atoms with E-state index in [4.69, 9.17) is 15.2 Å². The number of nitrogens with two attached hydrogens (primary N) is 1. The summed E-state index contributed by atoms with van der Waals surface area (Å²) in [6.45, 7) is 3.51. The van der Waals surface area contributed by atoms with Crippen molar-refractivity contribution < 1.29 is 23.9 Å². The van der Waals surface area contributed by atoms with Crippen molar-refractivity contribution in [2.75, 3.05) is 33.0 Å². The number of Topliss-reactive ketones (excluding diaryl/α,β-unsaturated/α-hetero) is 1. The first kappa shape index (κ1) is 20.4. The first-order valence-corrected chi connectivity index (χ1v) is 8.47. The van der Waals surface area contributed by atoms with Crippen molar-refractivity contribution in [2.24, 2.45) is 11.7 Å². The van der Waals surface area contributed by atoms with E-state index >= 15 is 0 Å². The van der Waals surface area contributed by atoms with Gasteiger partial charge in [-0.15, -0.1) is 0 Å². The van der Waals surface area contributed by atoms with E-state index in [0.29, 0.717) is 39.4 Å². The van der Waals surface area contributed by atoms with E-state index in [9.17, 15) is 14.4 Å². The summed E-state index contributed by atoms with van der Waals surface area (Å²) in [7, 11) is 0. The summed E-state index contributed by atoms with van der Waals surface area (Å²) < 4.78 is 10.5. The van der Waals surface area contributed by atoms with Crippen LogP contribution in [-0.2, 0) is 19.1 Å². The molecule has 24 heavy (non-hydrogen) atoms. The predicted octanol–water partition coefficient (Wildman–Crippen LogP) is 0.342. The van der Waals surface area contributed by atoms with Crippen molar-refractivity contribution in [2.45, 2.75) is 45.1 Å². The van der Waals surface area contributed by atoms with Crippen molar-refractivity contribution in [3.8, 4) is 0 Å². The molecular formula is C16H29N3O5. The highest BCUT2D eigenvalue weighted by atomic mass is 16.5. The maximum atomic E-state index is 11.8. The van der Waals surface area contributed by atoms with Crippen LogP contribution in [0.15, 0.2) is 0 Å². The van der Waals surface area contributed by atoms with Crippen LogP contribution in [-0.4, -0.2) is 56.7 Å². The molecule has 1 fully saturated rings. The standard InChI is InChI=1S/C16H29N3O5/c1-12(20)13-2-4-14(5-3-13)19-15(21)6-8-23-10-11-24-9-7-18-16(17)22/h13-14H,2-11H2,1H3,(H,19,21)(H3,17,18,22). The Kier molecular flexibility index (Phi) is 10.0. The average Bonchev–Trinajstić information content (AvgIpc) is 2.53. The lowest BCUT2D eigenvalue weighted by Crippen LogP contribution is -2.38. The first-order valence-electron chi connectivity index (χ1n) is 8.47. The zero-order valence-corrected chi connectivity index (χ0v) is 14.3. The highest BCUT2D eigenvalue weighted by Gasteiger charge is 2.24. The van der Waals surface area contributed by atoms with Gasteiger partial charge in [-0.05, 0) is 32.6 Å². The van der Waals surface area contributed by atoms with E-state index in [1.54, 1.807) is 6.92 Å². The second-order valence-corrected chi connectivity index (χ2v) is 5.99. The third kappa shape index (κ3) is 9.46. The summed E-state index contributed by atoms with van der Waals surface area (Å²) in [6.07, 6.45) is 3.77. The molecule has 0 bridgehead atoms. The molecule has 1 aliphatic rings. The van der Waals surface area contributed by atoms with Crippen LogP contribution in [0, 0.1) is 5.92 Å².